The van der Waals surface area contributed by atoms with Gasteiger partial charge in [-0.25, -0.2) is 4.39 Å². The maximum absolute atomic E-state index is 13.4. The van der Waals surface area contributed by atoms with Crippen molar-refractivity contribution < 1.29 is 9.18 Å². The molecule has 21 heavy (non-hydrogen) atoms. The second kappa shape index (κ2) is 5.81. The fraction of sp³-hybridized carbons (Fsp3) is 0.357. The zero-order chi connectivity index (χ0) is 14.8. The van der Waals surface area contributed by atoms with Crippen LogP contribution in [0.5, 0.6) is 0 Å². The Bertz CT molecular complexity index is 626. The second-order valence-electron chi connectivity index (χ2n) is 5.08. The molecule has 0 unspecified atom stereocenters. The van der Waals surface area contributed by atoms with Gasteiger partial charge in [-0.15, -0.1) is 5.10 Å². The van der Waals surface area contributed by atoms with Crippen LogP contribution < -0.4 is 0 Å². The van der Waals surface area contributed by atoms with E-state index in [0.717, 1.165) is 12.8 Å². The van der Waals surface area contributed by atoms with Crippen molar-refractivity contribution in [2.75, 3.05) is 6.54 Å². The SMILES string of the molecule is O=C(c1cc(F)cc(Cl)c1)N1CCC[C@H]1Cn1ccnn1. The topological polar surface area (TPSA) is 51.0 Å². The molecule has 1 aromatic carbocycles. The molecule has 1 aliphatic heterocycles. The Balaban J connectivity index is 1.79. The number of halogens is 2. The molecule has 0 spiro atoms. The van der Waals surface area contributed by atoms with Gasteiger partial charge in [0.05, 0.1) is 18.8 Å². The average Bonchev–Trinajstić information content (AvgIpc) is 3.09. The van der Waals surface area contributed by atoms with Gasteiger partial charge < -0.3 is 4.90 Å². The summed E-state index contributed by atoms with van der Waals surface area (Å²) >= 11 is 5.82. The molecule has 5 nitrogen and oxygen atoms in total. The quantitative estimate of drug-likeness (QED) is 0.875. The van der Waals surface area contributed by atoms with Gasteiger partial charge in [-0.05, 0) is 31.0 Å². The van der Waals surface area contributed by atoms with E-state index in [2.05, 4.69) is 10.3 Å². The Labute approximate surface area is 126 Å². The van der Waals surface area contributed by atoms with Crippen LogP contribution in [0, 0.1) is 5.82 Å². The van der Waals surface area contributed by atoms with Crippen LogP contribution >= 0.6 is 11.6 Å². The molecule has 1 aromatic heterocycles. The zero-order valence-corrected chi connectivity index (χ0v) is 12.0. The largest absolute Gasteiger partial charge is 0.334 e. The summed E-state index contributed by atoms with van der Waals surface area (Å²) in [6.45, 7) is 1.25. The number of rotatable bonds is 3. The van der Waals surface area contributed by atoms with Crippen molar-refractivity contribution in [1.82, 2.24) is 19.9 Å². The third-order valence-electron chi connectivity index (χ3n) is 3.62. The van der Waals surface area contributed by atoms with Crippen LogP contribution in [0.3, 0.4) is 0 Å². The van der Waals surface area contributed by atoms with E-state index in [1.165, 1.54) is 18.2 Å². The smallest absolute Gasteiger partial charge is 0.254 e. The molecule has 0 bridgehead atoms. The molecule has 2 aromatic rings. The van der Waals surface area contributed by atoms with Gasteiger partial charge >= 0.3 is 0 Å². The first-order valence-electron chi connectivity index (χ1n) is 6.74. The first kappa shape index (κ1) is 14.0. The second-order valence-corrected chi connectivity index (χ2v) is 5.51. The minimum atomic E-state index is -0.502. The Morgan fingerprint density at radius 3 is 3.00 bits per heavy atom. The van der Waals surface area contributed by atoms with Crippen LogP contribution in [0.1, 0.15) is 23.2 Å². The van der Waals surface area contributed by atoms with Crippen LogP contribution in [-0.4, -0.2) is 38.4 Å². The fourth-order valence-electron chi connectivity index (χ4n) is 2.68. The number of carbonyl (C=O) groups excluding carboxylic acids is 1. The molecular formula is C14H14ClFN4O. The highest BCUT2D eigenvalue weighted by Gasteiger charge is 2.30. The van der Waals surface area contributed by atoms with E-state index in [0.29, 0.717) is 13.1 Å². The third kappa shape index (κ3) is 3.05. The van der Waals surface area contributed by atoms with Crippen molar-refractivity contribution in [3.05, 3.63) is 47.0 Å². The summed E-state index contributed by atoms with van der Waals surface area (Å²) in [6, 6.07) is 3.95. The minimum absolute atomic E-state index is 0.0428. The molecule has 1 atom stereocenters. The van der Waals surface area contributed by atoms with Gasteiger partial charge in [0.25, 0.3) is 5.91 Å². The number of hydrogen-bond acceptors (Lipinski definition) is 3. The van der Waals surface area contributed by atoms with E-state index in [1.807, 2.05) is 0 Å². The number of carbonyl (C=O) groups is 1. The van der Waals surface area contributed by atoms with Gasteiger partial charge in [0.15, 0.2) is 0 Å². The van der Waals surface area contributed by atoms with Gasteiger partial charge in [-0.1, -0.05) is 16.8 Å². The van der Waals surface area contributed by atoms with Gasteiger partial charge in [-0.2, -0.15) is 0 Å². The van der Waals surface area contributed by atoms with Crippen molar-refractivity contribution in [2.45, 2.75) is 25.4 Å². The van der Waals surface area contributed by atoms with Crippen molar-refractivity contribution >= 4 is 17.5 Å². The predicted octanol–water partition coefficient (Wildman–Crippen LogP) is 2.38. The molecule has 0 radical (unpaired) electrons. The monoisotopic (exact) mass is 308 g/mol. The molecule has 3 rings (SSSR count). The summed E-state index contributed by atoms with van der Waals surface area (Å²) in [5, 5.41) is 7.91. The van der Waals surface area contributed by atoms with Gasteiger partial charge in [0.1, 0.15) is 5.82 Å². The molecule has 1 fully saturated rings. The highest BCUT2D eigenvalue weighted by molar-refractivity contribution is 6.31. The van der Waals surface area contributed by atoms with E-state index in [-0.39, 0.29) is 22.5 Å². The lowest BCUT2D eigenvalue weighted by Crippen LogP contribution is -2.38. The van der Waals surface area contributed by atoms with Crippen molar-refractivity contribution in [3.63, 3.8) is 0 Å². The molecule has 110 valence electrons. The summed E-state index contributed by atoms with van der Waals surface area (Å²) in [4.78, 5) is 14.3. The molecule has 2 heterocycles. The Morgan fingerprint density at radius 1 is 1.43 bits per heavy atom. The van der Waals surface area contributed by atoms with Crippen LogP contribution in [0.25, 0.3) is 0 Å². The highest BCUT2D eigenvalue weighted by atomic mass is 35.5. The number of benzene rings is 1. The number of nitrogens with zero attached hydrogens (tertiary/aromatic N) is 4. The van der Waals surface area contributed by atoms with E-state index < -0.39 is 5.82 Å². The summed E-state index contributed by atoms with van der Waals surface area (Å²) in [5.41, 5.74) is 0.283. The summed E-state index contributed by atoms with van der Waals surface area (Å²) in [5.74, 6) is -0.697. The molecule has 0 N–H and O–H groups in total. The van der Waals surface area contributed by atoms with Crippen molar-refractivity contribution in [1.29, 1.82) is 0 Å². The Hall–Kier alpha value is -1.95. The van der Waals surface area contributed by atoms with Crippen molar-refractivity contribution in [3.8, 4) is 0 Å². The molecule has 1 amide bonds. The Morgan fingerprint density at radius 2 is 2.29 bits per heavy atom. The lowest BCUT2D eigenvalue weighted by Gasteiger charge is -2.24. The first-order chi connectivity index (χ1) is 10.1. The van der Waals surface area contributed by atoms with Crippen LogP contribution in [0.15, 0.2) is 30.6 Å². The minimum Gasteiger partial charge on any atom is -0.334 e. The maximum atomic E-state index is 13.4. The van der Waals surface area contributed by atoms with E-state index >= 15 is 0 Å². The third-order valence-corrected chi connectivity index (χ3v) is 3.84. The molecular weight excluding hydrogens is 295 g/mol. The molecule has 1 aliphatic rings. The lowest BCUT2D eigenvalue weighted by molar-refractivity contribution is 0.0720. The summed E-state index contributed by atoms with van der Waals surface area (Å²) in [6.07, 6.45) is 5.19. The number of aromatic nitrogens is 3. The van der Waals surface area contributed by atoms with Crippen LogP contribution in [0.4, 0.5) is 4.39 Å². The van der Waals surface area contributed by atoms with E-state index in [1.54, 1.807) is 22.0 Å². The Kier molecular flexibility index (Phi) is 3.88. The molecule has 1 saturated heterocycles. The van der Waals surface area contributed by atoms with Crippen LogP contribution in [0.2, 0.25) is 5.02 Å². The number of likely N-dealkylation sites (tertiary alicyclic amines) is 1. The van der Waals surface area contributed by atoms with Gasteiger partial charge in [0, 0.05) is 23.3 Å². The fourth-order valence-corrected chi connectivity index (χ4v) is 2.90. The van der Waals surface area contributed by atoms with Crippen molar-refractivity contribution in [2.24, 2.45) is 0 Å². The molecule has 0 saturated carbocycles. The van der Waals surface area contributed by atoms with E-state index in [4.69, 9.17) is 11.6 Å². The first-order valence-corrected chi connectivity index (χ1v) is 7.12. The average molecular weight is 309 g/mol. The lowest BCUT2D eigenvalue weighted by atomic mass is 10.1. The standard InChI is InChI=1S/C14H14ClFN4O/c15-11-6-10(7-12(16)8-11)14(21)20-4-1-2-13(20)9-19-5-3-17-18-19/h3,5-8,13H,1-2,4,9H2/t13-/m0/s1. The summed E-state index contributed by atoms with van der Waals surface area (Å²) in [7, 11) is 0. The molecule has 0 aliphatic carbocycles. The van der Waals surface area contributed by atoms with Gasteiger partial charge in [0.2, 0.25) is 0 Å². The van der Waals surface area contributed by atoms with Gasteiger partial charge in [-0.3, -0.25) is 9.48 Å². The highest BCUT2D eigenvalue weighted by Crippen LogP contribution is 2.23. The van der Waals surface area contributed by atoms with E-state index in [9.17, 15) is 9.18 Å². The summed E-state index contributed by atoms with van der Waals surface area (Å²) < 4.78 is 15.1. The zero-order valence-electron chi connectivity index (χ0n) is 11.2. The molecule has 7 heteroatoms. The maximum Gasteiger partial charge on any atom is 0.254 e. The predicted molar refractivity (Wildman–Crippen MR) is 75.5 cm³/mol. The number of hydrogen-bond donors (Lipinski definition) is 0. The van der Waals surface area contributed by atoms with Crippen LogP contribution in [-0.2, 0) is 6.54 Å². The normalized spacial score (nSPS) is 18.2. The number of amides is 1.